The van der Waals surface area contributed by atoms with Crippen molar-refractivity contribution in [2.75, 3.05) is 26.3 Å². The Morgan fingerprint density at radius 1 is 1.20 bits per heavy atom. The molecule has 2 heterocycles. The lowest BCUT2D eigenvalue weighted by Crippen LogP contribution is -2.46. The maximum absolute atomic E-state index is 12.3. The van der Waals surface area contributed by atoms with E-state index in [9.17, 15) is 22.8 Å². The highest BCUT2D eigenvalue weighted by atomic mass is 19.4. The monoisotopic (exact) mass is 359 g/mol. The fourth-order valence-electron chi connectivity index (χ4n) is 2.23. The molecule has 0 spiro atoms. The molecule has 1 aromatic heterocycles. The van der Waals surface area contributed by atoms with E-state index in [1.165, 1.54) is 17.0 Å². The number of carbonyl (C=O) groups excluding carboxylic acids is 1. The minimum absolute atomic E-state index is 0.0206. The number of halogens is 3. The van der Waals surface area contributed by atoms with Crippen molar-refractivity contribution >= 4 is 6.03 Å². The van der Waals surface area contributed by atoms with Crippen molar-refractivity contribution in [3.05, 3.63) is 34.7 Å². The number of rotatable bonds is 2. The molecule has 1 saturated heterocycles. The number of alkyl halides is 3. The van der Waals surface area contributed by atoms with Gasteiger partial charge in [0.15, 0.2) is 0 Å². The number of morpholine rings is 1. The summed E-state index contributed by atoms with van der Waals surface area (Å²) in [6.45, 7) is 1.27. The van der Waals surface area contributed by atoms with Gasteiger partial charge in [-0.15, -0.1) is 17.9 Å². The van der Waals surface area contributed by atoms with Crippen LogP contribution in [0.25, 0.3) is 5.69 Å². The molecule has 1 aliphatic rings. The Kier molecular flexibility index (Phi) is 4.44. The van der Waals surface area contributed by atoms with Crippen molar-refractivity contribution in [3.63, 3.8) is 0 Å². The minimum Gasteiger partial charge on any atom is -0.406 e. The summed E-state index contributed by atoms with van der Waals surface area (Å²) in [5.74, 6) is -0.522. The van der Waals surface area contributed by atoms with Crippen molar-refractivity contribution in [2.45, 2.75) is 6.36 Å². The predicted octanol–water partition coefficient (Wildman–Crippen LogP) is 0.628. The molecular weight excluding hydrogens is 347 g/mol. The van der Waals surface area contributed by atoms with E-state index in [-0.39, 0.29) is 5.69 Å². The summed E-state index contributed by atoms with van der Waals surface area (Å²) in [6.07, 6.45) is -4.87. The highest BCUT2D eigenvalue weighted by molar-refractivity contribution is 5.75. The maximum Gasteiger partial charge on any atom is 0.573 e. The summed E-state index contributed by atoms with van der Waals surface area (Å²) in [6, 6.07) is 3.95. The Labute approximate surface area is 138 Å². The highest BCUT2D eigenvalue weighted by Crippen LogP contribution is 2.23. The fraction of sp³-hybridized carbons (Fsp3) is 0.385. The van der Waals surface area contributed by atoms with Crippen molar-refractivity contribution in [3.8, 4) is 11.4 Å². The molecule has 1 aromatic carbocycles. The third-order valence-corrected chi connectivity index (χ3v) is 3.34. The zero-order chi connectivity index (χ0) is 18.0. The Morgan fingerprint density at radius 3 is 2.60 bits per heavy atom. The second-order valence-corrected chi connectivity index (χ2v) is 5.01. The summed E-state index contributed by atoms with van der Waals surface area (Å²) in [4.78, 5) is 25.9. The Morgan fingerprint density at radius 2 is 1.92 bits per heavy atom. The largest absolute Gasteiger partial charge is 0.573 e. The molecule has 0 saturated carbocycles. The second kappa shape index (κ2) is 6.55. The molecule has 0 atom stereocenters. The van der Waals surface area contributed by atoms with Crippen LogP contribution in [0.4, 0.5) is 18.0 Å². The number of tetrazole rings is 1. The molecule has 0 unspecified atom stereocenters. The van der Waals surface area contributed by atoms with E-state index in [0.29, 0.717) is 35.7 Å². The van der Waals surface area contributed by atoms with Gasteiger partial charge in [0.2, 0.25) is 0 Å². The van der Waals surface area contributed by atoms with E-state index in [4.69, 9.17) is 4.74 Å². The zero-order valence-corrected chi connectivity index (χ0v) is 12.6. The van der Waals surface area contributed by atoms with Gasteiger partial charge in [-0.3, -0.25) is 0 Å². The van der Waals surface area contributed by atoms with Gasteiger partial charge in [0.05, 0.1) is 18.9 Å². The van der Waals surface area contributed by atoms with Crippen LogP contribution in [0.3, 0.4) is 0 Å². The highest BCUT2D eigenvalue weighted by Gasteiger charge is 2.31. The van der Waals surface area contributed by atoms with Crippen LogP contribution in [0.2, 0.25) is 0 Å². The number of hydrogen-bond acceptors (Lipinski definition) is 6. The number of aromatic nitrogens is 4. The SMILES string of the molecule is O=C(N1CCOCC1)n1nnn(-c2cccc(OC(F)(F)F)c2)c1=O. The zero-order valence-electron chi connectivity index (χ0n) is 12.6. The summed E-state index contributed by atoms with van der Waals surface area (Å²) < 4.78 is 47.0. The van der Waals surface area contributed by atoms with E-state index in [1.807, 2.05) is 0 Å². The van der Waals surface area contributed by atoms with Gasteiger partial charge >= 0.3 is 18.1 Å². The molecule has 25 heavy (non-hydrogen) atoms. The van der Waals surface area contributed by atoms with Crippen LogP contribution in [0.5, 0.6) is 5.75 Å². The van der Waals surface area contributed by atoms with Crippen LogP contribution >= 0.6 is 0 Å². The van der Waals surface area contributed by atoms with Gasteiger partial charge in [-0.1, -0.05) is 6.07 Å². The van der Waals surface area contributed by atoms with E-state index < -0.39 is 23.8 Å². The molecule has 1 fully saturated rings. The predicted molar refractivity (Wildman–Crippen MR) is 75.5 cm³/mol. The molecule has 2 aromatic rings. The summed E-state index contributed by atoms with van der Waals surface area (Å²) in [7, 11) is 0. The number of hydrogen-bond donors (Lipinski definition) is 0. The van der Waals surface area contributed by atoms with Crippen molar-refractivity contribution in [2.24, 2.45) is 0 Å². The number of benzene rings is 1. The summed E-state index contributed by atoms with van der Waals surface area (Å²) in [5.41, 5.74) is -0.923. The van der Waals surface area contributed by atoms with Gasteiger partial charge in [-0.25, -0.2) is 9.59 Å². The molecule has 3 rings (SSSR count). The third kappa shape index (κ3) is 3.79. The van der Waals surface area contributed by atoms with Crippen LogP contribution in [0.1, 0.15) is 0 Å². The van der Waals surface area contributed by atoms with Gasteiger partial charge < -0.3 is 14.4 Å². The van der Waals surface area contributed by atoms with Gasteiger partial charge in [0.25, 0.3) is 0 Å². The van der Waals surface area contributed by atoms with Gasteiger partial charge in [-0.05, 0) is 22.6 Å². The minimum atomic E-state index is -4.87. The average Bonchev–Trinajstić information content (AvgIpc) is 2.95. The number of carbonyl (C=O) groups is 1. The number of ether oxygens (including phenoxy) is 2. The van der Waals surface area contributed by atoms with Gasteiger partial charge in [0, 0.05) is 19.2 Å². The standard InChI is InChI=1S/C13H12F3N5O4/c14-13(15,16)25-10-3-1-2-9(8-10)20-12(23)21(18-17-20)11(22)19-4-6-24-7-5-19/h1-3,8H,4-7H2. The maximum atomic E-state index is 12.3. The lowest BCUT2D eigenvalue weighted by molar-refractivity contribution is -0.274. The molecular formula is C13H12F3N5O4. The lowest BCUT2D eigenvalue weighted by Gasteiger charge is -2.25. The first-order valence-corrected chi connectivity index (χ1v) is 7.13. The Balaban J connectivity index is 1.87. The van der Waals surface area contributed by atoms with Crippen LogP contribution < -0.4 is 10.4 Å². The van der Waals surface area contributed by atoms with Gasteiger partial charge in [-0.2, -0.15) is 4.68 Å². The quantitative estimate of drug-likeness (QED) is 0.731. The summed E-state index contributed by atoms with van der Waals surface area (Å²) in [5, 5.41) is 7.03. The topological polar surface area (TPSA) is 91.5 Å². The van der Waals surface area contributed by atoms with E-state index in [0.717, 1.165) is 12.1 Å². The lowest BCUT2D eigenvalue weighted by atomic mass is 10.3. The average molecular weight is 359 g/mol. The fourth-order valence-corrected chi connectivity index (χ4v) is 2.23. The molecule has 12 heteroatoms. The number of amides is 1. The van der Waals surface area contributed by atoms with E-state index in [1.54, 1.807) is 0 Å². The van der Waals surface area contributed by atoms with Crippen molar-refractivity contribution < 1.29 is 27.4 Å². The molecule has 0 N–H and O–H groups in total. The first kappa shape index (κ1) is 17.0. The van der Waals surface area contributed by atoms with Crippen molar-refractivity contribution in [1.82, 2.24) is 24.7 Å². The van der Waals surface area contributed by atoms with Gasteiger partial charge in [0.1, 0.15) is 5.75 Å². The van der Waals surface area contributed by atoms with E-state index >= 15 is 0 Å². The smallest absolute Gasteiger partial charge is 0.406 e. The first-order chi connectivity index (χ1) is 11.8. The molecule has 0 bridgehead atoms. The second-order valence-electron chi connectivity index (χ2n) is 5.01. The first-order valence-electron chi connectivity index (χ1n) is 7.13. The molecule has 1 amide bonds. The third-order valence-electron chi connectivity index (χ3n) is 3.34. The molecule has 134 valence electrons. The van der Waals surface area contributed by atoms with Crippen LogP contribution in [-0.2, 0) is 4.74 Å². The number of nitrogens with zero attached hydrogens (tertiary/aromatic N) is 5. The summed E-state index contributed by atoms with van der Waals surface area (Å²) >= 11 is 0. The molecule has 9 nitrogen and oxygen atoms in total. The van der Waals surface area contributed by atoms with Crippen LogP contribution in [-0.4, -0.2) is 63.4 Å². The van der Waals surface area contributed by atoms with Crippen LogP contribution in [0.15, 0.2) is 29.1 Å². The van der Waals surface area contributed by atoms with Crippen molar-refractivity contribution in [1.29, 1.82) is 0 Å². The molecule has 0 aliphatic carbocycles. The van der Waals surface area contributed by atoms with Crippen LogP contribution in [0, 0.1) is 0 Å². The normalized spacial score (nSPS) is 15.2. The molecule has 0 radical (unpaired) electrons. The van der Waals surface area contributed by atoms with E-state index in [2.05, 4.69) is 15.2 Å². The Hall–Kier alpha value is -2.89. The Bertz CT molecular complexity index is 826. The molecule has 1 aliphatic heterocycles.